The molecule has 1 heterocycles. The molecule has 0 fully saturated rings. The minimum Gasteiger partial charge on any atom is -0.496 e. The molecule has 0 aromatic heterocycles. The van der Waals surface area contributed by atoms with Gasteiger partial charge in [0, 0.05) is 11.1 Å². The van der Waals surface area contributed by atoms with Crippen molar-refractivity contribution in [2.45, 2.75) is 19.4 Å². The fraction of sp³-hybridized carbons (Fsp3) is 0.263. The minimum absolute atomic E-state index is 0.0448. The number of anilines is 1. The molecule has 6 heteroatoms. The van der Waals surface area contributed by atoms with Crippen LogP contribution in [0.5, 0.6) is 11.5 Å². The van der Waals surface area contributed by atoms with E-state index in [2.05, 4.69) is 10.6 Å². The highest BCUT2D eigenvalue weighted by atomic mass is 16.5. The van der Waals surface area contributed by atoms with Crippen molar-refractivity contribution in [2.24, 2.45) is 0 Å². The zero-order valence-electron chi connectivity index (χ0n) is 14.2. The zero-order valence-corrected chi connectivity index (χ0v) is 14.2. The Kier molecular flexibility index (Phi) is 4.88. The van der Waals surface area contributed by atoms with Gasteiger partial charge in [-0.3, -0.25) is 9.59 Å². The average molecular weight is 340 g/mol. The lowest BCUT2D eigenvalue weighted by Crippen LogP contribution is -2.29. The third-order valence-corrected chi connectivity index (χ3v) is 4.10. The van der Waals surface area contributed by atoms with Crippen molar-refractivity contribution in [1.29, 1.82) is 0 Å². The third kappa shape index (κ3) is 3.57. The number of amides is 2. The Balaban J connectivity index is 1.80. The minimum atomic E-state index is -0.207. The van der Waals surface area contributed by atoms with Gasteiger partial charge in [0.2, 0.25) is 0 Å². The summed E-state index contributed by atoms with van der Waals surface area (Å²) in [6, 6.07) is 12.4. The van der Waals surface area contributed by atoms with Crippen molar-refractivity contribution in [3.05, 3.63) is 53.6 Å². The summed E-state index contributed by atoms with van der Waals surface area (Å²) < 4.78 is 10.8. The SMILES string of the molecule is CCC(NC(=O)c1ccc2c(c1)OCC(=O)N2)c1ccccc1OC. The zero-order chi connectivity index (χ0) is 17.8. The molecule has 2 amide bonds. The van der Waals surface area contributed by atoms with Crippen LogP contribution in [0.1, 0.15) is 35.3 Å². The largest absolute Gasteiger partial charge is 0.496 e. The van der Waals surface area contributed by atoms with Gasteiger partial charge in [-0.25, -0.2) is 0 Å². The van der Waals surface area contributed by atoms with Gasteiger partial charge in [-0.1, -0.05) is 25.1 Å². The van der Waals surface area contributed by atoms with E-state index in [1.165, 1.54) is 0 Å². The highest BCUT2D eigenvalue weighted by Gasteiger charge is 2.20. The standard InChI is InChI=1S/C19H20N2O4/c1-3-14(13-6-4-5-7-16(13)24-2)21-19(23)12-8-9-15-17(10-12)25-11-18(22)20-15/h4-10,14H,3,11H2,1-2H3,(H,20,22)(H,21,23). The third-order valence-electron chi connectivity index (χ3n) is 4.10. The number of carbonyl (C=O) groups is 2. The molecule has 25 heavy (non-hydrogen) atoms. The number of hydrogen-bond donors (Lipinski definition) is 2. The Hall–Kier alpha value is -3.02. The summed E-state index contributed by atoms with van der Waals surface area (Å²) in [6.07, 6.45) is 0.726. The molecule has 2 aromatic carbocycles. The molecule has 0 saturated carbocycles. The molecule has 6 nitrogen and oxygen atoms in total. The molecule has 0 saturated heterocycles. The van der Waals surface area contributed by atoms with Crippen molar-refractivity contribution >= 4 is 17.5 Å². The second-order valence-corrected chi connectivity index (χ2v) is 5.72. The normalized spacial score (nSPS) is 13.9. The van der Waals surface area contributed by atoms with Crippen LogP contribution in [-0.2, 0) is 4.79 Å². The summed E-state index contributed by atoms with van der Waals surface area (Å²) in [5, 5.41) is 5.73. The molecule has 1 aliphatic rings. The van der Waals surface area contributed by atoms with Crippen LogP contribution in [0.2, 0.25) is 0 Å². The summed E-state index contributed by atoms with van der Waals surface area (Å²) in [5.74, 6) is 0.830. The molecule has 2 N–H and O–H groups in total. The fourth-order valence-electron chi connectivity index (χ4n) is 2.81. The summed E-state index contributed by atoms with van der Waals surface area (Å²) in [5.41, 5.74) is 1.98. The fourth-order valence-corrected chi connectivity index (χ4v) is 2.81. The number of fused-ring (bicyclic) bond motifs is 1. The van der Waals surface area contributed by atoms with Crippen LogP contribution >= 0.6 is 0 Å². The molecule has 1 aliphatic heterocycles. The first-order valence-corrected chi connectivity index (χ1v) is 8.13. The van der Waals surface area contributed by atoms with E-state index in [1.807, 2.05) is 31.2 Å². The Bertz CT molecular complexity index is 804. The van der Waals surface area contributed by atoms with Gasteiger partial charge in [0.05, 0.1) is 18.8 Å². The highest BCUT2D eigenvalue weighted by molar-refractivity contribution is 5.99. The number of nitrogens with one attached hydrogen (secondary N) is 2. The lowest BCUT2D eigenvalue weighted by atomic mass is 10.0. The van der Waals surface area contributed by atoms with Crippen LogP contribution in [0.15, 0.2) is 42.5 Å². The van der Waals surface area contributed by atoms with Gasteiger partial charge in [-0.05, 0) is 30.7 Å². The van der Waals surface area contributed by atoms with Crippen molar-refractivity contribution in [2.75, 3.05) is 19.0 Å². The van der Waals surface area contributed by atoms with Crippen LogP contribution in [0.4, 0.5) is 5.69 Å². The number of rotatable bonds is 5. The van der Waals surface area contributed by atoms with Gasteiger partial charge >= 0.3 is 0 Å². The second kappa shape index (κ2) is 7.25. The van der Waals surface area contributed by atoms with E-state index in [1.54, 1.807) is 25.3 Å². The summed E-state index contributed by atoms with van der Waals surface area (Å²) in [4.78, 5) is 24.0. The number of methoxy groups -OCH3 is 1. The monoisotopic (exact) mass is 340 g/mol. The van der Waals surface area contributed by atoms with Gasteiger partial charge in [0.15, 0.2) is 6.61 Å². The maximum absolute atomic E-state index is 12.6. The van der Waals surface area contributed by atoms with Crippen LogP contribution in [0.25, 0.3) is 0 Å². The number of benzene rings is 2. The van der Waals surface area contributed by atoms with E-state index in [-0.39, 0.29) is 24.5 Å². The first-order chi connectivity index (χ1) is 12.1. The molecule has 0 spiro atoms. The molecular weight excluding hydrogens is 320 g/mol. The van der Waals surface area contributed by atoms with E-state index in [4.69, 9.17) is 9.47 Å². The molecule has 130 valence electrons. The van der Waals surface area contributed by atoms with Crippen LogP contribution < -0.4 is 20.1 Å². The maximum Gasteiger partial charge on any atom is 0.262 e. The average Bonchev–Trinajstić information content (AvgIpc) is 2.65. The summed E-state index contributed by atoms with van der Waals surface area (Å²) in [7, 11) is 1.61. The Labute approximate surface area is 146 Å². The molecule has 0 aliphatic carbocycles. The number of carbonyl (C=O) groups excluding carboxylic acids is 2. The second-order valence-electron chi connectivity index (χ2n) is 5.72. The summed E-state index contributed by atoms with van der Waals surface area (Å²) >= 11 is 0. The molecular formula is C19H20N2O4. The maximum atomic E-state index is 12.6. The molecule has 1 unspecified atom stereocenters. The van der Waals surface area contributed by atoms with Crippen LogP contribution in [0.3, 0.4) is 0 Å². The number of para-hydroxylation sites is 1. The Morgan fingerprint density at radius 1 is 1.32 bits per heavy atom. The Morgan fingerprint density at radius 2 is 2.12 bits per heavy atom. The van der Waals surface area contributed by atoms with E-state index >= 15 is 0 Å². The van der Waals surface area contributed by atoms with Crippen molar-refractivity contribution in [3.63, 3.8) is 0 Å². The van der Waals surface area contributed by atoms with Gasteiger partial charge in [0.25, 0.3) is 11.8 Å². The molecule has 3 rings (SSSR count). The van der Waals surface area contributed by atoms with Crippen LogP contribution in [0, 0.1) is 0 Å². The van der Waals surface area contributed by atoms with Crippen molar-refractivity contribution < 1.29 is 19.1 Å². The van der Waals surface area contributed by atoms with E-state index in [0.29, 0.717) is 17.0 Å². The van der Waals surface area contributed by atoms with Crippen molar-refractivity contribution in [1.82, 2.24) is 5.32 Å². The topological polar surface area (TPSA) is 76.7 Å². The number of hydrogen-bond acceptors (Lipinski definition) is 4. The molecule has 2 aromatic rings. The van der Waals surface area contributed by atoms with E-state index in [9.17, 15) is 9.59 Å². The van der Waals surface area contributed by atoms with Gasteiger partial charge < -0.3 is 20.1 Å². The van der Waals surface area contributed by atoms with Crippen molar-refractivity contribution in [3.8, 4) is 11.5 Å². The van der Waals surface area contributed by atoms with E-state index in [0.717, 1.165) is 17.7 Å². The smallest absolute Gasteiger partial charge is 0.262 e. The molecule has 0 radical (unpaired) electrons. The quantitative estimate of drug-likeness (QED) is 0.877. The number of ether oxygens (including phenoxy) is 2. The molecule has 1 atom stereocenters. The highest BCUT2D eigenvalue weighted by Crippen LogP contribution is 2.30. The predicted molar refractivity (Wildman–Crippen MR) is 94.1 cm³/mol. The van der Waals surface area contributed by atoms with E-state index < -0.39 is 0 Å². The van der Waals surface area contributed by atoms with Gasteiger partial charge in [-0.2, -0.15) is 0 Å². The first-order valence-electron chi connectivity index (χ1n) is 8.13. The predicted octanol–water partition coefficient (Wildman–Crippen LogP) is 2.91. The first kappa shape index (κ1) is 16.8. The lowest BCUT2D eigenvalue weighted by Gasteiger charge is -2.21. The van der Waals surface area contributed by atoms with Gasteiger partial charge in [-0.15, -0.1) is 0 Å². The molecule has 0 bridgehead atoms. The Morgan fingerprint density at radius 3 is 2.88 bits per heavy atom. The lowest BCUT2D eigenvalue weighted by molar-refractivity contribution is -0.118. The summed E-state index contributed by atoms with van der Waals surface area (Å²) in [6.45, 7) is 1.96. The van der Waals surface area contributed by atoms with Gasteiger partial charge in [0.1, 0.15) is 11.5 Å². The van der Waals surface area contributed by atoms with Crippen LogP contribution in [-0.4, -0.2) is 25.5 Å².